The van der Waals surface area contributed by atoms with Gasteiger partial charge in [0.25, 0.3) is 0 Å². The second kappa shape index (κ2) is 7.21. The fraction of sp³-hybridized carbons (Fsp3) is 0.231. The number of aliphatic hydroxyl groups excluding tert-OH is 2. The van der Waals surface area contributed by atoms with Gasteiger partial charge in [-0.2, -0.15) is 4.98 Å². The van der Waals surface area contributed by atoms with Crippen LogP contribution in [-0.2, 0) is 0 Å². The Bertz CT molecular complexity index is 590. The summed E-state index contributed by atoms with van der Waals surface area (Å²) in [5.41, 5.74) is 0.724. The fourth-order valence-electron chi connectivity index (χ4n) is 1.54. The molecule has 0 aliphatic carbocycles. The summed E-state index contributed by atoms with van der Waals surface area (Å²) >= 11 is 3.30. The molecule has 2 rings (SSSR count). The van der Waals surface area contributed by atoms with Crippen molar-refractivity contribution in [1.29, 1.82) is 0 Å². The monoisotopic (exact) mass is 354 g/mol. The number of phenols is 1. The maximum Gasteiger partial charge on any atom is 0.229 e. The van der Waals surface area contributed by atoms with E-state index in [1.54, 1.807) is 30.5 Å². The molecule has 21 heavy (non-hydrogen) atoms. The largest absolute Gasteiger partial charge is 0.508 e. The molecule has 1 heterocycles. The first-order chi connectivity index (χ1) is 10.1. The number of benzene rings is 1. The van der Waals surface area contributed by atoms with Crippen LogP contribution in [0.15, 0.2) is 34.9 Å². The van der Waals surface area contributed by atoms with Crippen LogP contribution < -0.4 is 10.6 Å². The molecule has 2 aromatic rings. The first-order valence-electron chi connectivity index (χ1n) is 6.19. The molecule has 0 amide bonds. The molecule has 0 aliphatic rings. The normalized spacial score (nSPS) is 10.7. The molecule has 0 unspecified atom stereocenters. The lowest BCUT2D eigenvalue weighted by atomic mass is 10.3. The molecule has 0 fully saturated rings. The van der Waals surface area contributed by atoms with Crippen LogP contribution in [0.4, 0.5) is 17.5 Å². The van der Waals surface area contributed by atoms with E-state index in [9.17, 15) is 5.11 Å². The van der Waals surface area contributed by atoms with Gasteiger partial charge in [-0.25, -0.2) is 4.98 Å². The smallest absolute Gasteiger partial charge is 0.229 e. The average Bonchev–Trinajstić information content (AvgIpc) is 2.50. The zero-order valence-electron chi connectivity index (χ0n) is 11.0. The van der Waals surface area contributed by atoms with Crippen LogP contribution in [-0.4, -0.2) is 44.5 Å². The van der Waals surface area contributed by atoms with Gasteiger partial charge in [0.1, 0.15) is 11.6 Å². The van der Waals surface area contributed by atoms with Gasteiger partial charge in [0.15, 0.2) is 0 Å². The fourth-order valence-corrected chi connectivity index (χ4v) is 1.85. The van der Waals surface area contributed by atoms with Gasteiger partial charge in [-0.05, 0) is 40.2 Å². The van der Waals surface area contributed by atoms with Crippen molar-refractivity contribution in [2.24, 2.45) is 0 Å². The predicted octanol–water partition coefficient (Wildman–Crippen LogP) is 1.45. The van der Waals surface area contributed by atoms with Crippen molar-refractivity contribution in [2.75, 3.05) is 23.8 Å². The van der Waals surface area contributed by atoms with Crippen LogP contribution in [0.5, 0.6) is 5.75 Å². The Morgan fingerprint density at radius 3 is 2.43 bits per heavy atom. The number of aromatic nitrogens is 2. The third-order valence-electron chi connectivity index (χ3n) is 2.65. The number of phenolic OH excluding ortho intramolecular Hbond substituents is 1. The van der Waals surface area contributed by atoms with Gasteiger partial charge in [0.05, 0.1) is 23.7 Å². The van der Waals surface area contributed by atoms with Crippen molar-refractivity contribution >= 4 is 33.4 Å². The highest BCUT2D eigenvalue weighted by Crippen LogP contribution is 2.23. The molecule has 8 heteroatoms. The molecule has 112 valence electrons. The highest BCUT2D eigenvalue weighted by molar-refractivity contribution is 9.10. The van der Waals surface area contributed by atoms with Gasteiger partial charge in [-0.3, -0.25) is 0 Å². The van der Waals surface area contributed by atoms with Crippen LogP contribution in [0.25, 0.3) is 0 Å². The van der Waals surface area contributed by atoms with Gasteiger partial charge in [-0.15, -0.1) is 0 Å². The van der Waals surface area contributed by atoms with E-state index in [0.717, 1.165) is 5.69 Å². The summed E-state index contributed by atoms with van der Waals surface area (Å²) in [7, 11) is 0. The van der Waals surface area contributed by atoms with Gasteiger partial charge in [0, 0.05) is 11.9 Å². The zero-order chi connectivity index (χ0) is 15.2. The molecule has 0 spiro atoms. The molecule has 0 aliphatic heterocycles. The summed E-state index contributed by atoms with van der Waals surface area (Å²) in [6, 6.07) is 5.98. The molecule has 7 nitrogen and oxygen atoms in total. The Balaban J connectivity index is 2.15. The molecule has 0 bridgehead atoms. The van der Waals surface area contributed by atoms with Gasteiger partial charge >= 0.3 is 0 Å². The molecule has 0 atom stereocenters. The number of aromatic hydroxyl groups is 1. The maximum atomic E-state index is 9.23. The summed E-state index contributed by atoms with van der Waals surface area (Å²) in [4.78, 5) is 8.38. The number of nitrogens with zero attached hydrogens (tertiary/aromatic N) is 2. The predicted molar refractivity (Wildman–Crippen MR) is 82.7 cm³/mol. The van der Waals surface area contributed by atoms with Crippen LogP contribution in [0, 0.1) is 0 Å². The second-order valence-corrected chi connectivity index (χ2v) is 5.12. The Labute approximate surface area is 129 Å². The summed E-state index contributed by atoms with van der Waals surface area (Å²) < 4.78 is 0.616. The van der Waals surface area contributed by atoms with E-state index >= 15 is 0 Å². The quantitative estimate of drug-likeness (QED) is 0.499. The summed E-state index contributed by atoms with van der Waals surface area (Å²) in [5.74, 6) is 0.980. The van der Waals surface area contributed by atoms with Crippen molar-refractivity contribution in [3.63, 3.8) is 0 Å². The zero-order valence-corrected chi connectivity index (χ0v) is 12.6. The molecule has 0 saturated heterocycles. The van der Waals surface area contributed by atoms with Crippen molar-refractivity contribution in [1.82, 2.24) is 9.97 Å². The Kier molecular flexibility index (Phi) is 5.32. The molecule has 1 aromatic carbocycles. The molecule has 5 N–H and O–H groups in total. The van der Waals surface area contributed by atoms with E-state index in [1.807, 2.05) is 0 Å². The van der Waals surface area contributed by atoms with Crippen LogP contribution in [0.3, 0.4) is 0 Å². The van der Waals surface area contributed by atoms with Gasteiger partial charge in [0.2, 0.25) is 5.95 Å². The Morgan fingerprint density at radius 1 is 1.14 bits per heavy atom. The number of anilines is 3. The lowest BCUT2D eigenvalue weighted by Gasteiger charge is -2.15. The van der Waals surface area contributed by atoms with Crippen molar-refractivity contribution < 1.29 is 15.3 Å². The number of hydrogen-bond donors (Lipinski definition) is 5. The molecule has 0 saturated carbocycles. The number of nitrogens with one attached hydrogen (secondary N) is 2. The SMILES string of the molecule is OCC(CO)Nc1nc(Nc2ccc(O)cc2)ncc1Br. The topological polar surface area (TPSA) is 111 Å². The molecular formula is C13H15BrN4O3. The van der Waals surface area contributed by atoms with E-state index in [-0.39, 0.29) is 19.0 Å². The highest BCUT2D eigenvalue weighted by Gasteiger charge is 2.11. The summed E-state index contributed by atoms with van der Waals surface area (Å²) in [6.45, 7) is -0.429. The molecule has 1 aromatic heterocycles. The standard InChI is InChI=1S/C13H15BrN4O3/c14-11-5-15-13(17-8-1-3-10(21)4-2-8)18-12(11)16-9(6-19)7-20/h1-5,9,19-21H,6-7H2,(H2,15,16,17,18). The van der Waals surface area contributed by atoms with Crippen LogP contribution in [0.2, 0.25) is 0 Å². The molecular weight excluding hydrogens is 340 g/mol. The minimum absolute atomic E-state index is 0.174. The third-order valence-corrected chi connectivity index (χ3v) is 3.23. The Morgan fingerprint density at radius 2 is 1.81 bits per heavy atom. The van der Waals surface area contributed by atoms with E-state index in [2.05, 4.69) is 36.5 Å². The average molecular weight is 355 g/mol. The number of hydrogen-bond acceptors (Lipinski definition) is 7. The Hall–Kier alpha value is -1.90. The lowest BCUT2D eigenvalue weighted by molar-refractivity contribution is 0.203. The second-order valence-electron chi connectivity index (χ2n) is 4.27. The first-order valence-corrected chi connectivity index (χ1v) is 6.98. The maximum absolute atomic E-state index is 9.23. The first kappa shape index (κ1) is 15.5. The third kappa shape index (κ3) is 4.28. The lowest BCUT2D eigenvalue weighted by Crippen LogP contribution is -2.28. The number of halogens is 1. The van der Waals surface area contributed by atoms with E-state index in [0.29, 0.717) is 16.2 Å². The van der Waals surface area contributed by atoms with Crippen LogP contribution >= 0.6 is 15.9 Å². The molecule has 0 radical (unpaired) electrons. The summed E-state index contributed by atoms with van der Waals surface area (Å²) in [5, 5.41) is 33.3. The van der Waals surface area contributed by atoms with Crippen LogP contribution in [0.1, 0.15) is 0 Å². The van der Waals surface area contributed by atoms with E-state index in [1.165, 1.54) is 0 Å². The highest BCUT2D eigenvalue weighted by atomic mass is 79.9. The van der Waals surface area contributed by atoms with E-state index in [4.69, 9.17) is 10.2 Å². The van der Waals surface area contributed by atoms with Crippen molar-refractivity contribution in [2.45, 2.75) is 6.04 Å². The van der Waals surface area contributed by atoms with E-state index < -0.39 is 6.04 Å². The minimum Gasteiger partial charge on any atom is -0.508 e. The van der Waals surface area contributed by atoms with Crippen molar-refractivity contribution in [3.8, 4) is 5.75 Å². The minimum atomic E-state index is -0.502. The summed E-state index contributed by atoms with van der Waals surface area (Å²) in [6.07, 6.45) is 1.56. The number of aliphatic hydroxyl groups is 2. The van der Waals surface area contributed by atoms with Crippen molar-refractivity contribution in [3.05, 3.63) is 34.9 Å². The van der Waals surface area contributed by atoms with Gasteiger partial charge in [-0.1, -0.05) is 0 Å². The number of rotatable bonds is 6. The van der Waals surface area contributed by atoms with Gasteiger partial charge < -0.3 is 26.0 Å².